The fraction of sp³-hybridized carbons (Fsp3) is 0.857. The van der Waals surface area contributed by atoms with Crippen molar-refractivity contribution in [3.63, 3.8) is 0 Å². The van der Waals surface area contributed by atoms with Gasteiger partial charge in [-0.15, -0.1) is 0 Å². The Morgan fingerprint density at radius 2 is 2.60 bits per heavy atom. The molecule has 1 aliphatic heterocycles. The SMILES string of the molecule is CSCCC1CNC(=O)C1. The van der Waals surface area contributed by atoms with Crippen LogP contribution >= 0.6 is 11.8 Å². The maximum atomic E-state index is 10.7. The second-order valence-electron chi connectivity index (χ2n) is 2.66. The van der Waals surface area contributed by atoms with E-state index in [0.717, 1.165) is 13.0 Å². The summed E-state index contributed by atoms with van der Waals surface area (Å²) < 4.78 is 0. The highest BCUT2D eigenvalue weighted by Crippen LogP contribution is 2.14. The maximum absolute atomic E-state index is 10.7. The number of amides is 1. The van der Waals surface area contributed by atoms with Crippen molar-refractivity contribution in [3.05, 3.63) is 0 Å². The van der Waals surface area contributed by atoms with E-state index in [2.05, 4.69) is 11.6 Å². The quantitative estimate of drug-likeness (QED) is 0.662. The van der Waals surface area contributed by atoms with Gasteiger partial charge < -0.3 is 5.32 Å². The van der Waals surface area contributed by atoms with Crippen molar-refractivity contribution >= 4 is 17.7 Å². The van der Waals surface area contributed by atoms with Gasteiger partial charge in [0.25, 0.3) is 0 Å². The fourth-order valence-corrected chi connectivity index (χ4v) is 1.72. The number of hydrogen-bond donors (Lipinski definition) is 1. The molecule has 1 atom stereocenters. The smallest absolute Gasteiger partial charge is 0.220 e. The molecule has 0 radical (unpaired) electrons. The number of nitrogens with one attached hydrogen (secondary N) is 1. The van der Waals surface area contributed by atoms with Gasteiger partial charge >= 0.3 is 0 Å². The molecule has 0 aliphatic carbocycles. The van der Waals surface area contributed by atoms with Gasteiger partial charge in [-0.2, -0.15) is 11.8 Å². The van der Waals surface area contributed by atoms with Crippen LogP contribution in [0.2, 0.25) is 0 Å². The Morgan fingerprint density at radius 3 is 3.10 bits per heavy atom. The van der Waals surface area contributed by atoms with Crippen LogP contribution in [0.1, 0.15) is 12.8 Å². The monoisotopic (exact) mass is 159 g/mol. The lowest BCUT2D eigenvalue weighted by Crippen LogP contribution is -2.13. The minimum atomic E-state index is 0.228. The van der Waals surface area contributed by atoms with Crippen molar-refractivity contribution in [3.8, 4) is 0 Å². The third kappa shape index (κ3) is 2.21. The molecule has 1 amide bonds. The van der Waals surface area contributed by atoms with E-state index in [-0.39, 0.29) is 5.91 Å². The molecule has 0 aromatic carbocycles. The van der Waals surface area contributed by atoms with Crippen LogP contribution in [0.4, 0.5) is 0 Å². The van der Waals surface area contributed by atoms with E-state index >= 15 is 0 Å². The molecule has 0 aromatic heterocycles. The van der Waals surface area contributed by atoms with Gasteiger partial charge in [0, 0.05) is 13.0 Å². The molecular formula is C7H13NOS. The average molecular weight is 159 g/mol. The lowest BCUT2D eigenvalue weighted by atomic mass is 10.1. The summed E-state index contributed by atoms with van der Waals surface area (Å²) in [5.74, 6) is 2.02. The Kier molecular flexibility index (Phi) is 3.06. The number of rotatable bonds is 3. The lowest BCUT2D eigenvalue weighted by molar-refractivity contribution is -0.119. The zero-order chi connectivity index (χ0) is 7.40. The van der Waals surface area contributed by atoms with Crippen molar-refractivity contribution in [2.45, 2.75) is 12.8 Å². The molecule has 3 heteroatoms. The molecule has 2 nitrogen and oxygen atoms in total. The van der Waals surface area contributed by atoms with Gasteiger partial charge in [-0.05, 0) is 24.3 Å². The van der Waals surface area contributed by atoms with E-state index < -0.39 is 0 Å². The highest BCUT2D eigenvalue weighted by molar-refractivity contribution is 7.98. The van der Waals surface area contributed by atoms with Gasteiger partial charge in [0.1, 0.15) is 0 Å². The van der Waals surface area contributed by atoms with Crippen LogP contribution in [-0.2, 0) is 4.79 Å². The van der Waals surface area contributed by atoms with Crippen LogP contribution in [0, 0.1) is 5.92 Å². The van der Waals surface area contributed by atoms with E-state index in [1.165, 1.54) is 12.2 Å². The van der Waals surface area contributed by atoms with Crippen LogP contribution in [0.15, 0.2) is 0 Å². The van der Waals surface area contributed by atoms with E-state index in [1.54, 1.807) is 0 Å². The summed E-state index contributed by atoms with van der Waals surface area (Å²) >= 11 is 1.85. The zero-order valence-electron chi connectivity index (χ0n) is 6.22. The first-order chi connectivity index (χ1) is 4.83. The van der Waals surface area contributed by atoms with E-state index in [9.17, 15) is 4.79 Å². The number of carbonyl (C=O) groups excluding carboxylic acids is 1. The highest BCUT2D eigenvalue weighted by Gasteiger charge is 2.20. The first kappa shape index (κ1) is 7.92. The number of hydrogen-bond acceptors (Lipinski definition) is 2. The van der Waals surface area contributed by atoms with E-state index in [0.29, 0.717) is 5.92 Å². The third-order valence-corrected chi connectivity index (χ3v) is 2.44. The summed E-state index contributed by atoms with van der Waals surface area (Å²) in [6.07, 6.45) is 4.03. The van der Waals surface area contributed by atoms with Crippen LogP contribution in [-0.4, -0.2) is 24.5 Å². The zero-order valence-corrected chi connectivity index (χ0v) is 7.04. The second-order valence-corrected chi connectivity index (χ2v) is 3.64. The minimum absolute atomic E-state index is 0.228. The van der Waals surface area contributed by atoms with Crippen molar-refractivity contribution in [2.24, 2.45) is 5.92 Å². The van der Waals surface area contributed by atoms with Gasteiger partial charge in [0.05, 0.1) is 0 Å². The molecule has 1 heterocycles. The molecular weight excluding hydrogens is 146 g/mol. The summed E-state index contributed by atoms with van der Waals surface area (Å²) in [5.41, 5.74) is 0. The van der Waals surface area contributed by atoms with Crippen LogP contribution in [0.5, 0.6) is 0 Å². The standard InChI is InChI=1S/C7H13NOS/c1-10-3-2-6-4-7(9)8-5-6/h6H,2-5H2,1H3,(H,8,9). The molecule has 1 aliphatic rings. The Hall–Kier alpha value is -0.180. The average Bonchev–Trinajstić information content (AvgIpc) is 2.31. The molecule has 10 heavy (non-hydrogen) atoms. The molecule has 1 fully saturated rings. The summed E-state index contributed by atoms with van der Waals surface area (Å²) in [6.45, 7) is 0.902. The first-order valence-electron chi connectivity index (χ1n) is 3.58. The summed E-state index contributed by atoms with van der Waals surface area (Å²) in [4.78, 5) is 10.7. The predicted molar refractivity (Wildman–Crippen MR) is 44.1 cm³/mol. The lowest BCUT2D eigenvalue weighted by Gasteiger charge is -2.03. The van der Waals surface area contributed by atoms with Crippen molar-refractivity contribution in [1.29, 1.82) is 0 Å². The molecule has 1 saturated heterocycles. The summed E-state index contributed by atoms with van der Waals surface area (Å²) in [5, 5.41) is 2.83. The molecule has 1 unspecified atom stereocenters. The van der Waals surface area contributed by atoms with Crippen LogP contribution in [0.3, 0.4) is 0 Å². The number of carbonyl (C=O) groups is 1. The molecule has 0 saturated carbocycles. The largest absolute Gasteiger partial charge is 0.356 e. The molecule has 0 bridgehead atoms. The first-order valence-corrected chi connectivity index (χ1v) is 4.98. The van der Waals surface area contributed by atoms with Gasteiger partial charge in [0.2, 0.25) is 5.91 Å². The molecule has 0 spiro atoms. The Labute approximate surface area is 65.8 Å². The topological polar surface area (TPSA) is 29.1 Å². The molecule has 58 valence electrons. The van der Waals surface area contributed by atoms with Crippen molar-refractivity contribution in [1.82, 2.24) is 5.32 Å². The Morgan fingerprint density at radius 1 is 1.80 bits per heavy atom. The summed E-state index contributed by atoms with van der Waals surface area (Å²) in [7, 11) is 0. The van der Waals surface area contributed by atoms with Crippen molar-refractivity contribution in [2.75, 3.05) is 18.6 Å². The second kappa shape index (κ2) is 3.86. The normalized spacial score (nSPS) is 24.9. The third-order valence-electron chi connectivity index (χ3n) is 1.79. The van der Waals surface area contributed by atoms with Gasteiger partial charge in [-0.1, -0.05) is 0 Å². The predicted octanol–water partition coefficient (Wildman–Crippen LogP) is 0.876. The number of thioether (sulfide) groups is 1. The molecule has 1 N–H and O–H groups in total. The Bertz CT molecular complexity index is 127. The Balaban J connectivity index is 2.12. The van der Waals surface area contributed by atoms with E-state index in [4.69, 9.17) is 0 Å². The molecule has 1 rings (SSSR count). The van der Waals surface area contributed by atoms with Crippen LogP contribution < -0.4 is 5.32 Å². The fourth-order valence-electron chi connectivity index (χ4n) is 1.15. The van der Waals surface area contributed by atoms with Crippen molar-refractivity contribution < 1.29 is 4.79 Å². The van der Waals surface area contributed by atoms with Gasteiger partial charge in [-0.25, -0.2) is 0 Å². The maximum Gasteiger partial charge on any atom is 0.220 e. The van der Waals surface area contributed by atoms with Gasteiger partial charge in [0.15, 0.2) is 0 Å². The summed E-state index contributed by atoms with van der Waals surface area (Å²) in [6, 6.07) is 0. The highest BCUT2D eigenvalue weighted by atomic mass is 32.2. The van der Waals surface area contributed by atoms with Gasteiger partial charge in [-0.3, -0.25) is 4.79 Å². The minimum Gasteiger partial charge on any atom is -0.356 e. The van der Waals surface area contributed by atoms with Crippen LogP contribution in [0.25, 0.3) is 0 Å². The molecule has 0 aromatic rings. The van der Waals surface area contributed by atoms with E-state index in [1.807, 2.05) is 11.8 Å².